The summed E-state index contributed by atoms with van der Waals surface area (Å²) in [4.78, 5) is 23.2. The summed E-state index contributed by atoms with van der Waals surface area (Å²) in [5.41, 5.74) is 0. The van der Waals surface area contributed by atoms with E-state index in [4.69, 9.17) is 9.47 Å². The van der Waals surface area contributed by atoms with E-state index >= 15 is 0 Å². The van der Waals surface area contributed by atoms with Gasteiger partial charge in [-0.2, -0.15) is 0 Å². The first-order valence-electron chi connectivity index (χ1n) is 10.4. The van der Waals surface area contributed by atoms with Gasteiger partial charge in [-0.3, -0.25) is 9.59 Å². The average molecular weight is 367 g/mol. The number of rotatable bonds is 15. The van der Waals surface area contributed by atoms with Crippen molar-refractivity contribution in [1.29, 1.82) is 0 Å². The van der Waals surface area contributed by atoms with E-state index in [-0.39, 0.29) is 18.0 Å². The van der Waals surface area contributed by atoms with E-state index in [9.17, 15) is 9.59 Å². The van der Waals surface area contributed by atoms with Crippen molar-refractivity contribution in [3.05, 3.63) is 0 Å². The highest BCUT2D eigenvalue weighted by molar-refractivity contribution is 5.69. The maximum atomic E-state index is 11.9. The molecule has 0 saturated carbocycles. The van der Waals surface area contributed by atoms with Crippen molar-refractivity contribution in [2.75, 3.05) is 6.61 Å². The summed E-state index contributed by atoms with van der Waals surface area (Å²) in [6.07, 6.45) is 11.3. The predicted octanol–water partition coefficient (Wildman–Crippen LogP) is 5.58. The van der Waals surface area contributed by atoms with E-state index < -0.39 is 0 Å². The second kappa shape index (κ2) is 18.3. The first kappa shape index (κ1) is 24.5. The van der Waals surface area contributed by atoms with Crippen LogP contribution in [0.5, 0.6) is 0 Å². The lowest BCUT2D eigenvalue weighted by Crippen LogP contribution is -2.16. The number of unbranched alkanes of at least 4 members (excludes halogenated alkanes) is 6. The maximum Gasteiger partial charge on any atom is 0.306 e. The fourth-order valence-electron chi connectivity index (χ4n) is 2.45. The highest BCUT2D eigenvalue weighted by Crippen LogP contribution is 2.11. The number of ether oxygens (including phenoxy) is 2. The topological polar surface area (TPSA) is 52.6 Å². The molecule has 0 spiro atoms. The normalized spacial score (nSPS) is 11.3. The van der Waals surface area contributed by atoms with Crippen molar-refractivity contribution in [3.63, 3.8) is 0 Å². The summed E-state index contributed by atoms with van der Waals surface area (Å²) in [7, 11) is 0. The lowest BCUT2D eigenvalue weighted by molar-refractivity contribution is -0.149. The Balaban J connectivity index is 3.58. The van der Waals surface area contributed by atoms with Crippen LogP contribution in [0.1, 0.15) is 104 Å². The second-order valence-corrected chi connectivity index (χ2v) is 6.67. The van der Waals surface area contributed by atoms with Crippen LogP contribution in [-0.2, 0) is 19.1 Å². The van der Waals surface area contributed by atoms with Crippen molar-refractivity contribution in [2.24, 2.45) is 0 Å². The molecule has 4 nitrogen and oxygen atoms in total. The summed E-state index contributed by atoms with van der Waals surface area (Å²) >= 11 is 0. The fraction of sp³-hybridized carbons (Fsp3) is 0.818. The summed E-state index contributed by atoms with van der Waals surface area (Å²) < 4.78 is 10.5. The number of carbonyl (C=O) groups excluding carboxylic acids is 2. The minimum Gasteiger partial charge on any atom is -0.466 e. The highest BCUT2D eigenvalue weighted by atomic mass is 16.5. The molecule has 150 valence electrons. The number of esters is 2. The molecule has 0 fully saturated rings. The van der Waals surface area contributed by atoms with Crippen molar-refractivity contribution in [3.8, 4) is 11.8 Å². The molecule has 1 unspecified atom stereocenters. The standard InChI is InChI=1S/C22H38O4/c1-4-7-8-13-16-20(6-3)26-22(24)18-15-12-10-9-11-14-17-21(23)25-19-5-2/h20H,4-7,9-12,14-19H2,1-3H3. The van der Waals surface area contributed by atoms with E-state index in [2.05, 4.69) is 18.8 Å². The van der Waals surface area contributed by atoms with Gasteiger partial charge >= 0.3 is 11.9 Å². The van der Waals surface area contributed by atoms with Crippen LogP contribution < -0.4 is 0 Å². The Hall–Kier alpha value is -1.50. The molecule has 0 saturated heterocycles. The van der Waals surface area contributed by atoms with Gasteiger partial charge in [-0.15, -0.1) is 5.92 Å². The van der Waals surface area contributed by atoms with Crippen LogP contribution in [0.25, 0.3) is 0 Å². The van der Waals surface area contributed by atoms with Gasteiger partial charge < -0.3 is 9.47 Å². The number of hydrogen-bond donors (Lipinski definition) is 0. The Bertz CT molecular complexity index is 420. The van der Waals surface area contributed by atoms with Gasteiger partial charge in [-0.1, -0.05) is 52.4 Å². The van der Waals surface area contributed by atoms with Gasteiger partial charge in [0.2, 0.25) is 0 Å². The molecule has 26 heavy (non-hydrogen) atoms. The zero-order valence-corrected chi connectivity index (χ0v) is 17.1. The minimum absolute atomic E-state index is 0.0701. The Morgan fingerprint density at radius 3 is 2.00 bits per heavy atom. The zero-order valence-electron chi connectivity index (χ0n) is 17.1. The molecule has 0 aliphatic carbocycles. The molecule has 0 N–H and O–H groups in total. The quantitative estimate of drug-likeness (QED) is 0.216. The molecule has 0 bridgehead atoms. The summed E-state index contributed by atoms with van der Waals surface area (Å²) in [5, 5.41) is 0. The number of hydrogen-bond acceptors (Lipinski definition) is 4. The van der Waals surface area contributed by atoms with E-state index in [1.807, 2.05) is 13.8 Å². The molecule has 0 aromatic carbocycles. The SMILES string of the molecule is CCCC#CCC(CC)OC(=O)CCCCCCCCC(=O)OCCC. The molecule has 0 aliphatic heterocycles. The molecular weight excluding hydrogens is 328 g/mol. The average Bonchev–Trinajstić information content (AvgIpc) is 2.64. The molecule has 4 heteroatoms. The van der Waals surface area contributed by atoms with Gasteiger partial charge in [-0.05, 0) is 32.1 Å². The lowest BCUT2D eigenvalue weighted by atomic mass is 10.1. The number of carbonyl (C=O) groups is 2. The molecule has 0 heterocycles. The molecule has 1 atom stereocenters. The maximum absolute atomic E-state index is 11.9. The predicted molar refractivity (Wildman–Crippen MR) is 106 cm³/mol. The largest absolute Gasteiger partial charge is 0.466 e. The van der Waals surface area contributed by atoms with Crippen LogP contribution in [0, 0.1) is 11.8 Å². The summed E-state index contributed by atoms with van der Waals surface area (Å²) in [6, 6.07) is 0. The van der Waals surface area contributed by atoms with Crippen LogP contribution in [0.2, 0.25) is 0 Å². The third kappa shape index (κ3) is 16.0. The van der Waals surface area contributed by atoms with Crippen LogP contribution in [0.15, 0.2) is 0 Å². The summed E-state index contributed by atoms with van der Waals surface area (Å²) in [6.45, 7) is 6.65. The third-order valence-electron chi connectivity index (χ3n) is 4.06. The third-order valence-corrected chi connectivity index (χ3v) is 4.06. The van der Waals surface area contributed by atoms with Gasteiger partial charge in [-0.25, -0.2) is 0 Å². The molecular formula is C22H38O4. The van der Waals surface area contributed by atoms with E-state index in [0.29, 0.717) is 25.9 Å². The monoisotopic (exact) mass is 366 g/mol. The lowest BCUT2D eigenvalue weighted by Gasteiger charge is -2.13. The van der Waals surface area contributed by atoms with Crippen LogP contribution in [0.4, 0.5) is 0 Å². The molecule has 0 rings (SSSR count). The molecule has 0 aliphatic rings. The highest BCUT2D eigenvalue weighted by Gasteiger charge is 2.11. The van der Waals surface area contributed by atoms with Crippen LogP contribution >= 0.6 is 0 Å². The van der Waals surface area contributed by atoms with Crippen molar-refractivity contribution < 1.29 is 19.1 Å². The van der Waals surface area contributed by atoms with Crippen molar-refractivity contribution in [2.45, 2.75) is 110 Å². The molecule has 0 radical (unpaired) electrons. The van der Waals surface area contributed by atoms with Gasteiger partial charge in [0.1, 0.15) is 6.10 Å². The first-order valence-corrected chi connectivity index (χ1v) is 10.4. The Morgan fingerprint density at radius 1 is 0.808 bits per heavy atom. The van der Waals surface area contributed by atoms with E-state index in [1.165, 1.54) is 0 Å². The zero-order chi connectivity index (χ0) is 19.5. The fourth-order valence-corrected chi connectivity index (χ4v) is 2.45. The summed E-state index contributed by atoms with van der Waals surface area (Å²) in [5.74, 6) is 6.01. The smallest absolute Gasteiger partial charge is 0.306 e. The van der Waals surface area contributed by atoms with E-state index in [1.54, 1.807) is 0 Å². The Labute approximate surface area is 160 Å². The molecule has 0 aromatic rings. The van der Waals surface area contributed by atoms with E-state index in [0.717, 1.165) is 64.2 Å². The minimum atomic E-state index is -0.104. The second-order valence-electron chi connectivity index (χ2n) is 6.67. The molecule has 0 aromatic heterocycles. The first-order chi connectivity index (χ1) is 12.6. The molecule has 0 amide bonds. The van der Waals surface area contributed by atoms with Crippen molar-refractivity contribution >= 4 is 11.9 Å². The Kier molecular flexibility index (Phi) is 17.2. The van der Waals surface area contributed by atoms with Gasteiger partial charge in [0.05, 0.1) is 6.61 Å². The Morgan fingerprint density at radius 2 is 1.42 bits per heavy atom. The van der Waals surface area contributed by atoms with Crippen LogP contribution in [0.3, 0.4) is 0 Å². The van der Waals surface area contributed by atoms with Gasteiger partial charge in [0.15, 0.2) is 0 Å². The van der Waals surface area contributed by atoms with Gasteiger partial charge in [0.25, 0.3) is 0 Å². The van der Waals surface area contributed by atoms with Crippen LogP contribution in [-0.4, -0.2) is 24.6 Å². The van der Waals surface area contributed by atoms with Gasteiger partial charge in [0, 0.05) is 25.7 Å². The van der Waals surface area contributed by atoms with Crippen molar-refractivity contribution in [1.82, 2.24) is 0 Å².